The van der Waals surface area contributed by atoms with E-state index >= 15 is 0 Å². The van der Waals surface area contributed by atoms with Crippen LogP contribution in [0.1, 0.15) is 66.8 Å². The van der Waals surface area contributed by atoms with E-state index in [0.717, 1.165) is 29.7 Å². The zero-order valence-corrected chi connectivity index (χ0v) is 22.6. The number of aromatic nitrogens is 2. The first-order valence-corrected chi connectivity index (χ1v) is 13.5. The number of hydrogen-bond donors (Lipinski definition) is 2. The Morgan fingerprint density at radius 2 is 1.90 bits per heavy atom. The summed E-state index contributed by atoms with van der Waals surface area (Å²) in [6, 6.07) is 10.9. The number of anilines is 1. The maximum absolute atomic E-state index is 14.1. The number of carbonyl (C=O) groups excluding carboxylic acids is 2. The van der Waals surface area contributed by atoms with Gasteiger partial charge < -0.3 is 15.4 Å². The Bertz CT molecular complexity index is 1550. The zero-order valence-electron chi connectivity index (χ0n) is 22.6. The molecular weight excluding hydrogens is 513 g/mol. The molecule has 2 aromatic carbocycles. The highest BCUT2D eigenvalue weighted by Gasteiger charge is 2.58. The van der Waals surface area contributed by atoms with Crippen molar-refractivity contribution in [2.45, 2.75) is 52.0 Å². The van der Waals surface area contributed by atoms with Crippen molar-refractivity contribution in [3.05, 3.63) is 76.4 Å². The zero-order chi connectivity index (χ0) is 28.0. The van der Waals surface area contributed by atoms with Crippen LogP contribution in [0.2, 0.25) is 0 Å². The fourth-order valence-electron chi connectivity index (χ4n) is 5.90. The van der Waals surface area contributed by atoms with Crippen LogP contribution < -0.4 is 15.4 Å². The Balaban J connectivity index is 1.33. The van der Waals surface area contributed by atoms with Crippen molar-refractivity contribution in [3.8, 4) is 5.75 Å². The number of rotatable bonds is 7. The number of halogens is 1. The van der Waals surface area contributed by atoms with Gasteiger partial charge in [-0.3, -0.25) is 14.6 Å². The van der Waals surface area contributed by atoms with E-state index in [-0.39, 0.29) is 11.1 Å². The molecule has 3 heterocycles. The fraction of sp³-hybridized carbons (Fsp3) is 0.367. The predicted octanol–water partition coefficient (Wildman–Crippen LogP) is 4.71. The summed E-state index contributed by atoms with van der Waals surface area (Å²) >= 11 is 0. The van der Waals surface area contributed by atoms with Gasteiger partial charge in [0.25, 0.3) is 5.91 Å². The Morgan fingerprint density at radius 3 is 2.58 bits per heavy atom. The SMILES string of the molecule is CCc1nonc1C(=O)N[C@H](C(=O)Nc1ccc(C2=C(C)CN=C2C)cc1)C1c2ccc(F)cc2OCC12CC2. The van der Waals surface area contributed by atoms with Gasteiger partial charge in [-0.15, -0.1) is 0 Å². The highest BCUT2D eigenvalue weighted by atomic mass is 19.1. The molecule has 0 saturated heterocycles. The molecule has 9 nitrogen and oxygen atoms in total. The van der Waals surface area contributed by atoms with Crippen molar-refractivity contribution in [2.75, 3.05) is 18.5 Å². The summed E-state index contributed by atoms with van der Waals surface area (Å²) in [6.07, 6.45) is 2.09. The number of carbonyl (C=O) groups is 2. The average molecular weight is 544 g/mol. The number of nitrogens with zero attached hydrogens (tertiary/aromatic N) is 3. The first-order valence-electron chi connectivity index (χ1n) is 13.5. The Hall–Kier alpha value is -4.34. The van der Waals surface area contributed by atoms with E-state index in [4.69, 9.17) is 9.37 Å². The van der Waals surface area contributed by atoms with Gasteiger partial charge in [-0.1, -0.05) is 30.3 Å². The molecule has 40 heavy (non-hydrogen) atoms. The molecule has 1 fully saturated rings. The van der Waals surface area contributed by atoms with Crippen LogP contribution in [-0.2, 0) is 11.2 Å². The molecule has 206 valence electrons. The first kappa shape index (κ1) is 25.9. The van der Waals surface area contributed by atoms with E-state index in [9.17, 15) is 14.0 Å². The lowest BCUT2D eigenvalue weighted by molar-refractivity contribution is -0.119. The monoisotopic (exact) mass is 543 g/mol. The predicted molar refractivity (Wildman–Crippen MR) is 147 cm³/mol. The standard InChI is InChI=1S/C30H30FN5O4/c1-4-22-26(36-40-35-22)28(37)34-27(25-21-10-7-19(31)13-23(21)39-15-30(25)11-12-30)29(38)33-20-8-5-18(6-9-20)24-16(2)14-32-17(24)3/h5-10,13,25,27H,4,11-12,14-15H2,1-3H3,(H,33,38)(H,34,37)/t25?,27-/m0/s1. The Labute approximate surface area is 230 Å². The molecule has 1 aromatic heterocycles. The van der Waals surface area contributed by atoms with Gasteiger partial charge in [-0.05, 0) is 67.6 Å². The van der Waals surface area contributed by atoms with Gasteiger partial charge in [-0.2, -0.15) is 0 Å². The van der Waals surface area contributed by atoms with E-state index in [1.54, 1.807) is 6.07 Å². The molecule has 3 aliphatic rings. The molecule has 0 bridgehead atoms. The van der Waals surface area contributed by atoms with Crippen molar-refractivity contribution in [2.24, 2.45) is 10.4 Å². The van der Waals surface area contributed by atoms with Crippen molar-refractivity contribution >= 4 is 28.8 Å². The second-order valence-electron chi connectivity index (χ2n) is 10.8. The van der Waals surface area contributed by atoms with Crippen LogP contribution in [0.15, 0.2) is 57.7 Å². The third-order valence-corrected chi connectivity index (χ3v) is 8.17. The quantitative estimate of drug-likeness (QED) is 0.446. The number of allylic oxidation sites excluding steroid dienone is 1. The molecule has 0 radical (unpaired) electrons. The minimum Gasteiger partial charge on any atom is -0.493 e. The van der Waals surface area contributed by atoms with Crippen molar-refractivity contribution < 1.29 is 23.3 Å². The van der Waals surface area contributed by atoms with Crippen molar-refractivity contribution in [3.63, 3.8) is 0 Å². The Morgan fingerprint density at radius 1 is 1.12 bits per heavy atom. The average Bonchev–Trinajstić information content (AvgIpc) is 3.39. The Kier molecular flexibility index (Phi) is 6.48. The number of nitrogens with one attached hydrogen (secondary N) is 2. The van der Waals surface area contributed by atoms with Gasteiger partial charge in [-0.25, -0.2) is 9.02 Å². The van der Waals surface area contributed by atoms with E-state index in [2.05, 4.69) is 32.9 Å². The minimum atomic E-state index is -0.988. The second kappa shape index (κ2) is 10.0. The maximum atomic E-state index is 14.1. The van der Waals surface area contributed by atoms with Crippen LogP contribution in [0, 0.1) is 11.2 Å². The van der Waals surface area contributed by atoms with Gasteiger partial charge in [0.2, 0.25) is 5.91 Å². The van der Waals surface area contributed by atoms with Crippen LogP contribution in [0.25, 0.3) is 5.57 Å². The molecule has 2 aliphatic heterocycles. The number of ether oxygens (including phenoxy) is 1. The molecule has 2 N–H and O–H groups in total. The molecule has 10 heteroatoms. The summed E-state index contributed by atoms with van der Waals surface area (Å²) < 4.78 is 24.8. The van der Waals surface area contributed by atoms with Crippen LogP contribution in [-0.4, -0.2) is 47.0 Å². The molecule has 1 aliphatic carbocycles. The smallest absolute Gasteiger partial charge is 0.276 e. The highest BCUT2D eigenvalue weighted by Crippen LogP contribution is 2.61. The third kappa shape index (κ3) is 4.57. The third-order valence-electron chi connectivity index (χ3n) is 8.17. The number of amides is 2. The lowest BCUT2D eigenvalue weighted by Crippen LogP contribution is -2.52. The molecule has 2 atom stereocenters. The number of benzene rings is 2. The van der Waals surface area contributed by atoms with E-state index in [0.29, 0.717) is 42.3 Å². The molecular formula is C30H30FN5O4. The summed E-state index contributed by atoms with van der Waals surface area (Å²) in [4.78, 5) is 31.9. The molecule has 2 amide bonds. The van der Waals surface area contributed by atoms with Gasteiger partial charge in [0, 0.05) is 39.9 Å². The first-order chi connectivity index (χ1) is 19.3. The van der Waals surface area contributed by atoms with Gasteiger partial charge >= 0.3 is 0 Å². The summed E-state index contributed by atoms with van der Waals surface area (Å²) in [5.41, 5.74) is 5.73. The van der Waals surface area contributed by atoms with Gasteiger partial charge in [0.15, 0.2) is 5.69 Å². The fourth-order valence-corrected chi connectivity index (χ4v) is 5.90. The summed E-state index contributed by atoms with van der Waals surface area (Å²) in [5.74, 6) is -1.43. The number of hydrogen-bond acceptors (Lipinski definition) is 7. The normalized spacial score (nSPS) is 19.5. The molecule has 1 saturated carbocycles. The van der Waals surface area contributed by atoms with Crippen LogP contribution in [0.5, 0.6) is 5.75 Å². The summed E-state index contributed by atoms with van der Waals surface area (Å²) in [5, 5.41) is 13.5. The lowest BCUT2D eigenvalue weighted by Gasteiger charge is -2.38. The van der Waals surface area contributed by atoms with Gasteiger partial charge in [0.1, 0.15) is 23.3 Å². The van der Waals surface area contributed by atoms with Crippen molar-refractivity contribution in [1.82, 2.24) is 15.6 Å². The lowest BCUT2D eigenvalue weighted by atomic mass is 9.75. The maximum Gasteiger partial charge on any atom is 0.276 e. The topological polar surface area (TPSA) is 119 Å². The largest absolute Gasteiger partial charge is 0.493 e. The summed E-state index contributed by atoms with van der Waals surface area (Å²) in [7, 11) is 0. The van der Waals surface area contributed by atoms with Crippen molar-refractivity contribution in [1.29, 1.82) is 0 Å². The molecule has 6 rings (SSSR count). The van der Waals surface area contributed by atoms with E-state index < -0.39 is 29.6 Å². The molecule has 1 spiro atoms. The second-order valence-corrected chi connectivity index (χ2v) is 10.8. The van der Waals surface area contributed by atoms with E-state index in [1.165, 1.54) is 17.7 Å². The number of aliphatic imine (C=N–C) groups is 1. The molecule has 1 unspecified atom stereocenters. The number of fused-ring (bicyclic) bond motifs is 1. The number of aryl methyl sites for hydroxylation is 1. The highest BCUT2D eigenvalue weighted by molar-refractivity contribution is 6.25. The summed E-state index contributed by atoms with van der Waals surface area (Å²) in [6.45, 7) is 6.93. The van der Waals surface area contributed by atoms with Crippen LogP contribution in [0.3, 0.4) is 0 Å². The van der Waals surface area contributed by atoms with Gasteiger partial charge in [0.05, 0.1) is 13.2 Å². The van der Waals surface area contributed by atoms with Crippen LogP contribution >= 0.6 is 0 Å². The molecule has 3 aromatic rings. The minimum absolute atomic E-state index is 0.0399. The van der Waals surface area contributed by atoms with E-state index in [1.807, 2.05) is 38.1 Å². The van der Waals surface area contributed by atoms with Crippen LogP contribution in [0.4, 0.5) is 10.1 Å².